The summed E-state index contributed by atoms with van der Waals surface area (Å²) in [4.78, 5) is 0. The third-order valence-corrected chi connectivity index (χ3v) is 3.67. The summed E-state index contributed by atoms with van der Waals surface area (Å²) in [6.45, 7) is 0. The van der Waals surface area contributed by atoms with Crippen LogP contribution in [0.4, 0.5) is 37.7 Å². The van der Waals surface area contributed by atoms with Crippen LogP contribution in [-0.4, -0.2) is 16.4 Å². The van der Waals surface area contributed by atoms with Crippen molar-refractivity contribution in [1.29, 1.82) is 0 Å². The topological polar surface area (TPSA) is 92.5 Å². The third kappa shape index (κ3) is 2.57. The van der Waals surface area contributed by atoms with E-state index in [4.69, 9.17) is 11.5 Å². The second-order valence-electron chi connectivity index (χ2n) is 5.22. The van der Waals surface area contributed by atoms with Crippen molar-refractivity contribution in [2.75, 3.05) is 11.5 Å². The summed E-state index contributed by atoms with van der Waals surface area (Å²) >= 11 is 0. The molecular formula is C15H12F6N2O2. The van der Waals surface area contributed by atoms with Crippen molar-refractivity contribution in [3.05, 3.63) is 47.5 Å². The average molecular weight is 366 g/mol. The summed E-state index contributed by atoms with van der Waals surface area (Å²) in [6.07, 6.45) is -6.17. The maximum atomic E-state index is 15.0. The first kappa shape index (κ1) is 18.6. The molecule has 0 heterocycles. The Labute approximate surface area is 137 Å². The van der Waals surface area contributed by atoms with E-state index in [1.165, 1.54) is 0 Å². The van der Waals surface area contributed by atoms with Crippen molar-refractivity contribution in [2.24, 2.45) is 0 Å². The van der Waals surface area contributed by atoms with E-state index in [2.05, 4.69) is 0 Å². The van der Waals surface area contributed by atoms with E-state index in [0.717, 1.165) is 24.3 Å². The van der Waals surface area contributed by atoms with Gasteiger partial charge < -0.3 is 21.7 Å². The molecule has 0 amide bonds. The zero-order chi connectivity index (χ0) is 19.2. The highest BCUT2D eigenvalue weighted by Gasteiger charge is 2.74. The van der Waals surface area contributed by atoms with E-state index in [1.54, 1.807) is 0 Å². The van der Waals surface area contributed by atoms with Crippen LogP contribution in [0, 0.1) is 0 Å². The van der Waals surface area contributed by atoms with Crippen LogP contribution in [0.25, 0.3) is 0 Å². The minimum Gasteiger partial charge on any atom is -0.505 e. The maximum absolute atomic E-state index is 15.0. The predicted octanol–water partition coefficient (Wildman–Crippen LogP) is 3.78. The molecule has 2 aromatic rings. The molecule has 2 aromatic carbocycles. The molecule has 2 rings (SSSR count). The molecular weight excluding hydrogens is 354 g/mol. The second kappa shape index (κ2) is 5.64. The molecule has 6 N–H and O–H groups in total. The molecule has 0 bridgehead atoms. The molecule has 0 fully saturated rings. The molecule has 136 valence electrons. The van der Waals surface area contributed by atoms with Gasteiger partial charge in [-0.25, -0.2) is 4.39 Å². The number of aromatic hydroxyl groups is 2. The Balaban J connectivity index is 2.86. The average Bonchev–Trinajstić information content (AvgIpc) is 2.50. The Morgan fingerprint density at radius 3 is 1.52 bits per heavy atom. The molecule has 10 heteroatoms. The fourth-order valence-corrected chi connectivity index (χ4v) is 2.34. The minimum atomic E-state index is -6.17. The van der Waals surface area contributed by atoms with Crippen LogP contribution in [-0.2, 0) is 11.6 Å². The Hall–Kier alpha value is -2.78. The van der Waals surface area contributed by atoms with Gasteiger partial charge in [0.25, 0.3) is 0 Å². The SMILES string of the molecule is Nc1cccc(C(F)(F)C(F)(c2cccc(N)c2O)C(F)(F)F)c1O. The quantitative estimate of drug-likeness (QED) is 0.378. The van der Waals surface area contributed by atoms with Crippen molar-refractivity contribution in [3.8, 4) is 11.5 Å². The lowest BCUT2D eigenvalue weighted by molar-refractivity contribution is -0.315. The Kier molecular flexibility index (Phi) is 4.19. The molecule has 0 spiro atoms. The number of phenolic OH excluding ortho intramolecular Hbond substituents is 2. The first-order valence-electron chi connectivity index (χ1n) is 6.65. The van der Waals surface area contributed by atoms with E-state index in [0.29, 0.717) is 12.1 Å². The smallest absolute Gasteiger partial charge is 0.433 e. The zero-order valence-electron chi connectivity index (χ0n) is 12.3. The van der Waals surface area contributed by atoms with Gasteiger partial charge in [-0.1, -0.05) is 18.2 Å². The normalized spacial score (nSPS) is 15.0. The third-order valence-electron chi connectivity index (χ3n) is 3.67. The second-order valence-corrected chi connectivity index (χ2v) is 5.22. The van der Waals surface area contributed by atoms with Gasteiger partial charge in [0.05, 0.1) is 16.9 Å². The number of phenols is 2. The largest absolute Gasteiger partial charge is 0.505 e. The van der Waals surface area contributed by atoms with E-state index < -0.39 is 51.8 Å². The van der Waals surface area contributed by atoms with Gasteiger partial charge in [0, 0.05) is 5.56 Å². The van der Waals surface area contributed by atoms with Gasteiger partial charge >= 0.3 is 17.8 Å². The van der Waals surface area contributed by atoms with Crippen LogP contribution in [0.1, 0.15) is 11.1 Å². The summed E-state index contributed by atoms with van der Waals surface area (Å²) in [5, 5.41) is 19.3. The van der Waals surface area contributed by atoms with Crippen LogP contribution in [0.3, 0.4) is 0 Å². The molecule has 0 aromatic heterocycles. The molecule has 0 saturated heterocycles. The van der Waals surface area contributed by atoms with Crippen LogP contribution in [0.2, 0.25) is 0 Å². The fourth-order valence-electron chi connectivity index (χ4n) is 2.34. The highest BCUT2D eigenvalue weighted by molar-refractivity contribution is 5.61. The van der Waals surface area contributed by atoms with Crippen molar-refractivity contribution in [1.82, 2.24) is 0 Å². The number of alkyl halides is 6. The first-order valence-corrected chi connectivity index (χ1v) is 6.65. The van der Waals surface area contributed by atoms with Crippen LogP contribution < -0.4 is 11.5 Å². The lowest BCUT2D eigenvalue weighted by atomic mass is 9.83. The molecule has 1 unspecified atom stereocenters. The van der Waals surface area contributed by atoms with E-state index >= 15 is 4.39 Å². The van der Waals surface area contributed by atoms with Crippen LogP contribution >= 0.6 is 0 Å². The molecule has 0 radical (unpaired) electrons. The van der Waals surface area contributed by atoms with Crippen molar-refractivity contribution in [2.45, 2.75) is 17.8 Å². The van der Waals surface area contributed by atoms with Crippen LogP contribution in [0.5, 0.6) is 11.5 Å². The van der Waals surface area contributed by atoms with Crippen molar-refractivity contribution < 1.29 is 36.6 Å². The Bertz CT molecular complexity index is 809. The lowest BCUT2D eigenvalue weighted by Crippen LogP contribution is -2.51. The van der Waals surface area contributed by atoms with Gasteiger partial charge in [-0.15, -0.1) is 0 Å². The van der Waals surface area contributed by atoms with Gasteiger partial charge in [0.1, 0.15) is 11.5 Å². The summed E-state index contributed by atoms with van der Waals surface area (Å²) in [5.41, 5.74) is 0.155. The summed E-state index contributed by atoms with van der Waals surface area (Å²) in [5.74, 6) is -8.22. The zero-order valence-corrected chi connectivity index (χ0v) is 12.3. The predicted molar refractivity (Wildman–Crippen MR) is 77.8 cm³/mol. The highest BCUT2D eigenvalue weighted by Crippen LogP contribution is 2.60. The fraction of sp³-hybridized carbons (Fsp3) is 0.200. The van der Waals surface area contributed by atoms with Crippen LogP contribution in [0.15, 0.2) is 36.4 Å². The number of benzene rings is 2. The van der Waals surface area contributed by atoms with Crippen molar-refractivity contribution >= 4 is 11.4 Å². The molecule has 0 aliphatic carbocycles. The number of nitrogen functional groups attached to an aromatic ring is 2. The number of nitrogens with two attached hydrogens (primary N) is 2. The number of anilines is 2. The number of hydrogen-bond donors (Lipinski definition) is 4. The highest BCUT2D eigenvalue weighted by atomic mass is 19.4. The lowest BCUT2D eigenvalue weighted by Gasteiger charge is -2.36. The van der Waals surface area contributed by atoms with E-state index in [9.17, 15) is 32.2 Å². The first-order chi connectivity index (χ1) is 11.4. The number of para-hydroxylation sites is 2. The summed E-state index contributed by atoms with van der Waals surface area (Å²) in [7, 11) is 0. The molecule has 1 atom stereocenters. The molecule has 0 saturated carbocycles. The van der Waals surface area contributed by atoms with Gasteiger partial charge in [-0.05, 0) is 18.2 Å². The number of rotatable bonds is 3. The Morgan fingerprint density at radius 2 is 1.08 bits per heavy atom. The van der Waals surface area contributed by atoms with Gasteiger partial charge in [-0.2, -0.15) is 22.0 Å². The number of halogens is 6. The molecule has 0 aliphatic heterocycles. The maximum Gasteiger partial charge on any atom is 0.433 e. The summed E-state index contributed by atoms with van der Waals surface area (Å²) < 4.78 is 84.5. The molecule has 4 nitrogen and oxygen atoms in total. The van der Waals surface area contributed by atoms with Gasteiger partial charge in [0.15, 0.2) is 0 Å². The van der Waals surface area contributed by atoms with Crippen molar-refractivity contribution in [3.63, 3.8) is 0 Å². The number of hydrogen-bond acceptors (Lipinski definition) is 4. The summed E-state index contributed by atoms with van der Waals surface area (Å²) in [6, 6.07) is 4.19. The Morgan fingerprint density at radius 1 is 0.680 bits per heavy atom. The van der Waals surface area contributed by atoms with E-state index in [-0.39, 0.29) is 0 Å². The standard InChI is InChI=1S/C15H12F6N2O2/c16-13(15(19,20)21,7-3-1-5-9(22)11(7)24)14(17,18)8-4-2-6-10(23)12(8)25/h1-6,24-25H,22-23H2. The monoisotopic (exact) mass is 366 g/mol. The molecule has 25 heavy (non-hydrogen) atoms. The van der Waals surface area contributed by atoms with E-state index in [1.807, 2.05) is 0 Å². The van der Waals surface area contributed by atoms with Gasteiger partial charge in [-0.3, -0.25) is 0 Å². The molecule has 0 aliphatic rings. The van der Waals surface area contributed by atoms with Gasteiger partial charge in [0.2, 0.25) is 0 Å². The minimum absolute atomic E-state index is 0.330.